The van der Waals surface area contributed by atoms with Crippen molar-refractivity contribution in [3.8, 4) is 5.75 Å². The predicted octanol–water partition coefficient (Wildman–Crippen LogP) is 3.69. The molecule has 2 rings (SSSR count). The van der Waals surface area contributed by atoms with Crippen LogP contribution in [0.2, 0.25) is 0 Å². The molecule has 1 aromatic carbocycles. The van der Waals surface area contributed by atoms with Gasteiger partial charge in [0.05, 0.1) is 13.2 Å². The summed E-state index contributed by atoms with van der Waals surface area (Å²) >= 11 is 0. The number of methoxy groups -OCH3 is 1. The van der Waals surface area contributed by atoms with E-state index in [9.17, 15) is 4.39 Å². The van der Waals surface area contributed by atoms with Crippen LogP contribution in [-0.2, 0) is 4.74 Å². The second-order valence-corrected chi connectivity index (χ2v) is 5.65. The van der Waals surface area contributed by atoms with Crippen molar-refractivity contribution >= 4 is 0 Å². The van der Waals surface area contributed by atoms with Crippen LogP contribution < -0.4 is 10.1 Å². The number of halogens is 1. The lowest BCUT2D eigenvalue weighted by Gasteiger charge is -2.37. The Bertz CT molecular complexity index is 446. The molecular formula is C17H26FNO2. The minimum absolute atomic E-state index is 0.197. The van der Waals surface area contributed by atoms with Gasteiger partial charge in [0.1, 0.15) is 0 Å². The third-order valence-electron chi connectivity index (χ3n) is 4.19. The highest BCUT2D eigenvalue weighted by atomic mass is 19.1. The number of ether oxygens (including phenoxy) is 2. The minimum atomic E-state index is -0.293. The van der Waals surface area contributed by atoms with E-state index in [0.717, 1.165) is 38.0 Å². The quantitative estimate of drug-likeness (QED) is 0.793. The Hall–Kier alpha value is -1.13. The summed E-state index contributed by atoms with van der Waals surface area (Å²) in [7, 11) is 1.49. The lowest BCUT2D eigenvalue weighted by Crippen LogP contribution is -2.34. The summed E-state index contributed by atoms with van der Waals surface area (Å²) in [4.78, 5) is 0. The van der Waals surface area contributed by atoms with Crippen LogP contribution in [0.15, 0.2) is 18.2 Å². The first-order chi connectivity index (χ1) is 10.2. The van der Waals surface area contributed by atoms with Crippen LogP contribution in [0.3, 0.4) is 0 Å². The van der Waals surface area contributed by atoms with Crippen molar-refractivity contribution in [1.29, 1.82) is 0 Å². The van der Waals surface area contributed by atoms with Gasteiger partial charge >= 0.3 is 0 Å². The summed E-state index contributed by atoms with van der Waals surface area (Å²) in [6.07, 6.45) is 3.70. The van der Waals surface area contributed by atoms with Crippen LogP contribution in [0, 0.1) is 11.7 Å². The Labute approximate surface area is 126 Å². The van der Waals surface area contributed by atoms with Gasteiger partial charge in [-0.2, -0.15) is 0 Å². The highest BCUT2D eigenvalue weighted by molar-refractivity contribution is 5.31. The summed E-state index contributed by atoms with van der Waals surface area (Å²) in [6.45, 7) is 5.78. The van der Waals surface area contributed by atoms with Gasteiger partial charge in [-0.1, -0.05) is 13.0 Å². The van der Waals surface area contributed by atoms with Crippen molar-refractivity contribution in [2.24, 2.45) is 5.92 Å². The molecule has 3 nitrogen and oxygen atoms in total. The van der Waals surface area contributed by atoms with E-state index in [1.165, 1.54) is 7.11 Å². The molecule has 118 valence electrons. The molecule has 0 amide bonds. The van der Waals surface area contributed by atoms with Gasteiger partial charge in [-0.25, -0.2) is 4.39 Å². The standard InChI is InChI=1S/C17H26FNO2/c1-4-19-16(10-12-8-14(9-12)21-5-2)13-6-7-17(20-3)15(18)11-13/h6-7,11-12,14,16,19H,4-5,8-10H2,1-3H3. The molecule has 0 spiro atoms. The molecule has 1 fully saturated rings. The van der Waals surface area contributed by atoms with E-state index in [0.29, 0.717) is 17.8 Å². The lowest BCUT2D eigenvalue weighted by atomic mass is 9.77. The van der Waals surface area contributed by atoms with Crippen molar-refractivity contribution in [2.75, 3.05) is 20.3 Å². The molecule has 4 heteroatoms. The number of hydrogen-bond acceptors (Lipinski definition) is 3. The summed E-state index contributed by atoms with van der Waals surface area (Å²) in [5.41, 5.74) is 0.995. The fourth-order valence-corrected chi connectivity index (χ4v) is 3.06. The van der Waals surface area contributed by atoms with Crippen LogP contribution in [-0.4, -0.2) is 26.4 Å². The summed E-state index contributed by atoms with van der Waals surface area (Å²) in [5.74, 6) is 0.670. The number of hydrogen-bond donors (Lipinski definition) is 1. The SMILES string of the molecule is CCNC(CC1CC(OCC)C1)c1ccc(OC)c(F)c1. The first kappa shape index (κ1) is 16.2. The molecule has 1 atom stereocenters. The number of rotatable bonds is 8. The maximum Gasteiger partial charge on any atom is 0.165 e. The van der Waals surface area contributed by atoms with Crippen LogP contribution in [0.5, 0.6) is 5.75 Å². The molecule has 1 unspecified atom stereocenters. The third-order valence-corrected chi connectivity index (χ3v) is 4.19. The van der Waals surface area contributed by atoms with Gasteiger partial charge in [0.15, 0.2) is 11.6 Å². The van der Waals surface area contributed by atoms with E-state index < -0.39 is 0 Å². The Balaban J connectivity index is 1.97. The molecule has 0 aliphatic heterocycles. The molecule has 1 saturated carbocycles. The van der Waals surface area contributed by atoms with Crippen molar-refractivity contribution < 1.29 is 13.9 Å². The van der Waals surface area contributed by atoms with Gasteiger partial charge < -0.3 is 14.8 Å². The van der Waals surface area contributed by atoms with Gasteiger partial charge in [0, 0.05) is 12.6 Å². The second-order valence-electron chi connectivity index (χ2n) is 5.65. The highest BCUT2D eigenvalue weighted by Crippen LogP contribution is 2.37. The summed E-state index contributed by atoms with van der Waals surface area (Å²) in [5, 5.41) is 3.46. The molecule has 1 aliphatic rings. The highest BCUT2D eigenvalue weighted by Gasteiger charge is 2.31. The maximum absolute atomic E-state index is 13.9. The summed E-state index contributed by atoms with van der Waals surface area (Å²) < 4.78 is 24.5. The molecular weight excluding hydrogens is 269 g/mol. The van der Waals surface area contributed by atoms with Gasteiger partial charge in [0.2, 0.25) is 0 Å². The van der Waals surface area contributed by atoms with Crippen molar-refractivity contribution in [3.63, 3.8) is 0 Å². The van der Waals surface area contributed by atoms with Crippen LogP contribution >= 0.6 is 0 Å². The predicted molar refractivity (Wildman–Crippen MR) is 82.1 cm³/mol. The van der Waals surface area contributed by atoms with Gasteiger partial charge in [-0.05, 0) is 56.3 Å². The van der Waals surface area contributed by atoms with E-state index in [1.807, 2.05) is 13.0 Å². The van der Waals surface area contributed by atoms with Crippen molar-refractivity contribution in [1.82, 2.24) is 5.32 Å². The average Bonchev–Trinajstić information content (AvgIpc) is 2.44. The molecule has 21 heavy (non-hydrogen) atoms. The molecule has 1 aliphatic carbocycles. The average molecular weight is 295 g/mol. The van der Waals surface area contributed by atoms with Gasteiger partial charge in [-0.3, -0.25) is 0 Å². The van der Waals surface area contributed by atoms with Gasteiger partial charge in [0.25, 0.3) is 0 Å². The zero-order valence-corrected chi connectivity index (χ0v) is 13.2. The zero-order chi connectivity index (χ0) is 15.2. The molecule has 0 radical (unpaired) electrons. The lowest BCUT2D eigenvalue weighted by molar-refractivity contribution is -0.0291. The fourth-order valence-electron chi connectivity index (χ4n) is 3.06. The zero-order valence-electron chi connectivity index (χ0n) is 13.2. The Morgan fingerprint density at radius 3 is 2.67 bits per heavy atom. The summed E-state index contributed by atoms with van der Waals surface area (Å²) in [6, 6.07) is 5.44. The van der Waals surface area contributed by atoms with E-state index in [2.05, 4.69) is 12.2 Å². The molecule has 0 heterocycles. The first-order valence-corrected chi connectivity index (χ1v) is 7.86. The van der Waals surface area contributed by atoms with E-state index in [4.69, 9.17) is 9.47 Å². The maximum atomic E-state index is 13.9. The molecule has 1 aromatic rings. The Kier molecular flexibility index (Phi) is 6.00. The Morgan fingerprint density at radius 1 is 1.33 bits per heavy atom. The molecule has 1 N–H and O–H groups in total. The monoisotopic (exact) mass is 295 g/mol. The van der Waals surface area contributed by atoms with Crippen molar-refractivity contribution in [3.05, 3.63) is 29.6 Å². The number of nitrogens with one attached hydrogen (secondary N) is 1. The smallest absolute Gasteiger partial charge is 0.165 e. The fraction of sp³-hybridized carbons (Fsp3) is 0.647. The van der Waals surface area contributed by atoms with Crippen LogP contribution in [0.1, 0.15) is 44.7 Å². The topological polar surface area (TPSA) is 30.5 Å². The van der Waals surface area contributed by atoms with E-state index >= 15 is 0 Å². The van der Waals surface area contributed by atoms with Crippen molar-refractivity contribution in [2.45, 2.75) is 45.3 Å². The Morgan fingerprint density at radius 2 is 2.10 bits per heavy atom. The van der Waals surface area contributed by atoms with Gasteiger partial charge in [-0.15, -0.1) is 0 Å². The number of benzene rings is 1. The largest absolute Gasteiger partial charge is 0.494 e. The molecule has 0 bridgehead atoms. The second kappa shape index (κ2) is 7.76. The minimum Gasteiger partial charge on any atom is -0.494 e. The van der Waals surface area contributed by atoms with E-state index in [1.54, 1.807) is 12.1 Å². The normalized spacial score (nSPS) is 22.7. The van der Waals surface area contributed by atoms with Crippen LogP contribution in [0.25, 0.3) is 0 Å². The van der Waals surface area contributed by atoms with E-state index in [-0.39, 0.29) is 11.9 Å². The molecule has 0 saturated heterocycles. The third kappa shape index (κ3) is 4.17. The first-order valence-electron chi connectivity index (χ1n) is 7.86. The van der Waals surface area contributed by atoms with Crippen LogP contribution in [0.4, 0.5) is 4.39 Å². The molecule has 0 aromatic heterocycles.